The number of nitrogens with zero attached hydrogens (tertiary/aromatic N) is 2. The van der Waals surface area contributed by atoms with Crippen molar-refractivity contribution in [1.82, 2.24) is 15.1 Å². The number of benzene rings is 2. The van der Waals surface area contributed by atoms with Crippen LogP contribution in [0.25, 0.3) is 11.3 Å². The van der Waals surface area contributed by atoms with Crippen LogP contribution in [-0.4, -0.2) is 23.0 Å². The zero-order valence-electron chi connectivity index (χ0n) is 15.2. The second-order valence-electron chi connectivity index (χ2n) is 6.62. The molecule has 3 aromatic rings. The predicted octanol–water partition coefficient (Wildman–Crippen LogP) is 3.68. The Labute approximate surface area is 157 Å². The fourth-order valence-electron chi connectivity index (χ4n) is 3.21. The van der Waals surface area contributed by atoms with E-state index in [1.165, 1.54) is 6.07 Å². The molecule has 2 heterocycles. The summed E-state index contributed by atoms with van der Waals surface area (Å²) in [6.45, 7) is 2.55. The average Bonchev–Trinajstić information content (AvgIpc) is 2.88. The molecular weight excluding hydrogens is 345 g/mol. The van der Waals surface area contributed by atoms with Gasteiger partial charge in [-0.05, 0) is 35.9 Å². The lowest BCUT2D eigenvalue weighted by molar-refractivity contribution is 0.297. The summed E-state index contributed by atoms with van der Waals surface area (Å²) in [7, 11) is 1.91. The fourth-order valence-corrected chi connectivity index (χ4v) is 3.21. The van der Waals surface area contributed by atoms with Crippen molar-refractivity contribution in [3.05, 3.63) is 65.6 Å². The summed E-state index contributed by atoms with van der Waals surface area (Å²) in [5, 5.41) is 7.98. The molecule has 140 valence electrons. The van der Waals surface area contributed by atoms with Crippen LogP contribution in [0.1, 0.15) is 17.5 Å². The van der Waals surface area contributed by atoms with Gasteiger partial charge in [0.15, 0.2) is 11.5 Å². The second kappa shape index (κ2) is 7.80. The molecule has 5 nitrogen and oxygen atoms in total. The van der Waals surface area contributed by atoms with Gasteiger partial charge in [-0.15, -0.1) is 0 Å². The molecule has 0 saturated carbocycles. The first-order valence-electron chi connectivity index (χ1n) is 9.07. The first-order chi connectivity index (χ1) is 13.2. The number of ether oxygens (including phenoxy) is 2. The van der Waals surface area contributed by atoms with Crippen molar-refractivity contribution in [1.29, 1.82) is 0 Å². The Morgan fingerprint density at radius 1 is 1.07 bits per heavy atom. The zero-order valence-corrected chi connectivity index (χ0v) is 15.2. The van der Waals surface area contributed by atoms with E-state index >= 15 is 0 Å². The zero-order chi connectivity index (χ0) is 18.6. The van der Waals surface area contributed by atoms with Crippen molar-refractivity contribution >= 4 is 0 Å². The van der Waals surface area contributed by atoms with Crippen LogP contribution in [0.2, 0.25) is 0 Å². The van der Waals surface area contributed by atoms with Crippen LogP contribution < -0.4 is 14.8 Å². The maximum atomic E-state index is 13.3. The maximum Gasteiger partial charge on any atom is 0.161 e. The highest BCUT2D eigenvalue weighted by atomic mass is 19.1. The summed E-state index contributed by atoms with van der Waals surface area (Å²) in [5.74, 6) is 1.32. The molecule has 0 atom stereocenters. The Balaban J connectivity index is 1.52. The quantitative estimate of drug-likeness (QED) is 0.747. The normalized spacial score (nSPS) is 13.4. The van der Waals surface area contributed by atoms with E-state index in [0.29, 0.717) is 26.3 Å². The van der Waals surface area contributed by atoms with E-state index < -0.39 is 0 Å². The van der Waals surface area contributed by atoms with Gasteiger partial charge >= 0.3 is 0 Å². The minimum Gasteiger partial charge on any atom is -0.490 e. The summed E-state index contributed by atoms with van der Waals surface area (Å²) >= 11 is 0. The summed E-state index contributed by atoms with van der Waals surface area (Å²) in [5.41, 5.74) is 3.88. The molecule has 2 aromatic carbocycles. The van der Waals surface area contributed by atoms with E-state index in [1.807, 2.05) is 37.5 Å². The maximum absolute atomic E-state index is 13.3. The van der Waals surface area contributed by atoms with Gasteiger partial charge in [-0.2, -0.15) is 5.10 Å². The molecule has 1 aliphatic rings. The van der Waals surface area contributed by atoms with Gasteiger partial charge in [-0.3, -0.25) is 4.68 Å². The van der Waals surface area contributed by atoms with Crippen LogP contribution >= 0.6 is 0 Å². The number of halogens is 1. The molecule has 0 unspecified atom stereocenters. The van der Waals surface area contributed by atoms with Gasteiger partial charge < -0.3 is 14.8 Å². The minimum atomic E-state index is -0.219. The summed E-state index contributed by atoms with van der Waals surface area (Å²) < 4.78 is 26.6. The summed E-state index contributed by atoms with van der Waals surface area (Å²) in [6.07, 6.45) is 2.87. The first kappa shape index (κ1) is 17.5. The molecule has 1 N–H and O–H groups in total. The van der Waals surface area contributed by atoms with Crippen molar-refractivity contribution in [2.24, 2.45) is 7.05 Å². The molecule has 1 aliphatic heterocycles. The van der Waals surface area contributed by atoms with Gasteiger partial charge in [0, 0.05) is 43.9 Å². The number of aromatic nitrogens is 2. The lowest BCUT2D eigenvalue weighted by Gasteiger charge is -2.10. The van der Waals surface area contributed by atoms with Crippen molar-refractivity contribution in [2.45, 2.75) is 19.5 Å². The number of hydrogen-bond acceptors (Lipinski definition) is 4. The number of aryl methyl sites for hydroxylation is 1. The predicted molar refractivity (Wildman–Crippen MR) is 101 cm³/mol. The van der Waals surface area contributed by atoms with E-state index in [9.17, 15) is 4.39 Å². The van der Waals surface area contributed by atoms with Gasteiger partial charge in [0.25, 0.3) is 0 Å². The Bertz CT molecular complexity index is 939. The molecule has 27 heavy (non-hydrogen) atoms. The van der Waals surface area contributed by atoms with Crippen molar-refractivity contribution in [2.75, 3.05) is 13.2 Å². The molecule has 0 amide bonds. The minimum absolute atomic E-state index is 0.219. The average molecular weight is 367 g/mol. The topological polar surface area (TPSA) is 48.3 Å². The van der Waals surface area contributed by atoms with E-state index in [-0.39, 0.29) is 5.82 Å². The molecule has 0 spiro atoms. The molecule has 0 aliphatic carbocycles. The molecule has 0 fully saturated rings. The Morgan fingerprint density at radius 3 is 2.78 bits per heavy atom. The van der Waals surface area contributed by atoms with Crippen LogP contribution in [0.5, 0.6) is 11.5 Å². The lowest BCUT2D eigenvalue weighted by atomic mass is 10.1. The van der Waals surface area contributed by atoms with Crippen LogP contribution in [0.3, 0.4) is 0 Å². The standard InChI is InChI=1S/C21H22FN3O2/c1-25-14-17(13-23-12-15-4-2-5-18(22)10-15)21(24-25)16-6-7-19-20(11-16)27-9-3-8-26-19/h2,4-7,10-11,14,23H,3,8-9,12-13H2,1H3. The van der Waals surface area contributed by atoms with Crippen molar-refractivity contribution < 1.29 is 13.9 Å². The molecule has 0 bridgehead atoms. The molecular formula is C21H22FN3O2. The van der Waals surface area contributed by atoms with Crippen molar-refractivity contribution in [3.63, 3.8) is 0 Å². The summed E-state index contributed by atoms with van der Waals surface area (Å²) in [4.78, 5) is 0. The molecule has 6 heteroatoms. The highest BCUT2D eigenvalue weighted by Crippen LogP contribution is 2.34. The Hall–Kier alpha value is -2.86. The monoisotopic (exact) mass is 367 g/mol. The van der Waals surface area contributed by atoms with Gasteiger partial charge in [0.2, 0.25) is 0 Å². The van der Waals surface area contributed by atoms with Crippen molar-refractivity contribution in [3.8, 4) is 22.8 Å². The SMILES string of the molecule is Cn1cc(CNCc2cccc(F)c2)c(-c2ccc3c(c2)OCCCO3)n1. The van der Waals surface area contributed by atoms with Gasteiger partial charge in [0.1, 0.15) is 5.82 Å². The van der Waals surface area contributed by atoms with E-state index in [4.69, 9.17) is 9.47 Å². The summed E-state index contributed by atoms with van der Waals surface area (Å²) in [6, 6.07) is 12.6. The third kappa shape index (κ3) is 4.11. The Kier molecular flexibility index (Phi) is 5.07. The third-order valence-corrected chi connectivity index (χ3v) is 4.46. The highest BCUT2D eigenvalue weighted by molar-refractivity contribution is 5.66. The van der Waals surface area contributed by atoms with Crippen LogP contribution in [0.15, 0.2) is 48.7 Å². The van der Waals surface area contributed by atoms with Crippen LogP contribution in [-0.2, 0) is 20.1 Å². The number of nitrogens with one attached hydrogen (secondary N) is 1. The first-order valence-corrected chi connectivity index (χ1v) is 9.07. The number of fused-ring (bicyclic) bond motifs is 1. The smallest absolute Gasteiger partial charge is 0.161 e. The van der Waals surface area contributed by atoms with Gasteiger partial charge in [0.05, 0.1) is 18.9 Å². The second-order valence-corrected chi connectivity index (χ2v) is 6.62. The molecule has 0 saturated heterocycles. The molecule has 1 aromatic heterocycles. The fraction of sp³-hybridized carbons (Fsp3) is 0.286. The van der Waals surface area contributed by atoms with E-state index in [1.54, 1.807) is 16.8 Å². The molecule has 4 rings (SSSR count). The number of hydrogen-bond donors (Lipinski definition) is 1. The Morgan fingerprint density at radius 2 is 1.93 bits per heavy atom. The number of rotatable bonds is 5. The van der Waals surface area contributed by atoms with Crippen LogP contribution in [0.4, 0.5) is 4.39 Å². The lowest BCUT2D eigenvalue weighted by Crippen LogP contribution is -2.13. The van der Waals surface area contributed by atoms with E-state index in [0.717, 1.165) is 40.3 Å². The van der Waals surface area contributed by atoms with E-state index in [2.05, 4.69) is 10.4 Å². The largest absolute Gasteiger partial charge is 0.490 e. The molecule has 0 radical (unpaired) electrons. The third-order valence-electron chi connectivity index (χ3n) is 4.46. The van der Waals surface area contributed by atoms with Gasteiger partial charge in [-0.1, -0.05) is 12.1 Å². The van der Waals surface area contributed by atoms with Gasteiger partial charge in [-0.25, -0.2) is 4.39 Å². The van der Waals surface area contributed by atoms with Crippen LogP contribution in [0, 0.1) is 5.82 Å². The highest BCUT2D eigenvalue weighted by Gasteiger charge is 2.15.